The molecule has 0 radical (unpaired) electrons. The summed E-state index contributed by atoms with van der Waals surface area (Å²) in [6, 6.07) is 2.28. The molecule has 8 nitrogen and oxygen atoms in total. The average Bonchev–Trinajstić information content (AvgIpc) is 2.83. The predicted molar refractivity (Wildman–Crippen MR) is 127 cm³/mol. The molecule has 1 fully saturated rings. The van der Waals surface area contributed by atoms with E-state index in [0.29, 0.717) is 25.6 Å². The lowest BCUT2D eigenvalue weighted by molar-refractivity contribution is 0.00700. The van der Waals surface area contributed by atoms with Gasteiger partial charge in [-0.1, -0.05) is 6.92 Å². The van der Waals surface area contributed by atoms with Crippen molar-refractivity contribution in [3.63, 3.8) is 0 Å². The normalized spacial score (nSPS) is 16.0. The number of carbonyl (C=O) groups excluding carboxylic acids is 1. The maximum absolute atomic E-state index is 12.0. The average molecular weight is 520 g/mol. The van der Waals surface area contributed by atoms with Gasteiger partial charge in [-0.25, -0.2) is 4.79 Å². The highest BCUT2D eigenvalue weighted by atomic mass is 127. The van der Waals surface area contributed by atoms with Gasteiger partial charge >= 0.3 is 6.09 Å². The van der Waals surface area contributed by atoms with Gasteiger partial charge in [0.25, 0.3) is 0 Å². The van der Waals surface area contributed by atoms with Crippen molar-refractivity contribution >= 4 is 36.0 Å². The van der Waals surface area contributed by atoms with Gasteiger partial charge in [0.2, 0.25) is 0 Å². The van der Waals surface area contributed by atoms with E-state index in [4.69, 9.17) is 9.73 Å². The van der Waals surface area contributed by atoms with Gasteiger partial charge in [0.1, 0.15) is 5.60 Å². The number of aliphatic imine (C=N–C) groups is 1. The summed E-state index contributed by atoms with van der Waals surface area (Å²) >= 11 is 0. The number of ether oxygens (including phenoxy) is 1. The number of amides is 1. The molecular weight excluding hydrogens is 483 g/mol. The molecule has 1 aromatic rings. The van der Waals surface area contributed by atoms with Gasteiger partial charge < -0.3 is 20.3 Å². The predicted octanol–water partition coefficient (Wildman–Crippen LogP) is 2.93. The van der Waals surface area contributed by atoms with Gasteiger partial charge in [-0.05, 0) is 53.5 Å². The Morgan fingerprint density at radius 2 is 2.03 bits per heavy atom. The molecule has 0 spiro atoms. The van der Waals surface area contributed by atoms with Crippen molar-refractivity contribution in [3.8, 4) is 0 Å². The SMILES string of the molecule is CCNC(=NCC(C)Cn1nc(C)cc1C)NC1CN(C(=O)OC(C)(C)C)C1.I. The molecule has 0 aromatic carbocycles. The molecule has 0 saturated carbocycles. The smallest absolute Gasteiger partial charge is 0.410 e. The van der Waals surface area contributed by atoms with Gasteiger partial charge in [0.15, 0.2) is 5.96 Å². The minimum absolute atomic E-state index is 0. The van der Waals surface area contributed by atoms with Gasteiger partial charge in [-0.2, -0.15) is 5.10 Å². The molecule has 1 atom stereocenters. The van der Waals surface area contributed by atoms with E-state index in [-0.39, 0.29) is 36.1 Å². The fourth-order valence-corrected chi connectivity index (χ4v) is 3.02. The Morgan fingerprint density at radius 1 is 1.38 bits per heavy atom. The number of hydrogen-bond donors (Lipinski definition) is 2. The fraction of sp³-hybridized carbons (Fsp3) is 0.750. The van der Waals surface area contributed by atoms with E-state index in [9.17, 15) is 4.79 Å². The van der Waals surface area contributed by atoms with Crippen LogP contribution in [0.1, 0.15) is 46.0 Å². The van der Waals surface area contributed by atoms with Crippen molar-refractivity contribution in [2.45, 2.75) is 66.7 Å². The zero-order valence-corrected chi connectivity index (χ0v) is 21.1. The largest absolute Gasteiger partial charge is 0.444 e. The standard InChI is InChI=1S/C20H36N6O2.HI/c1-8-21-18(22-10-14(2)11-26-16(4)9-15(3)24-26)23-17-12-25(13-17)19(27)28-20(5,6)7;/h9,14,17H,8,10-13H2,1-7H3,(H2,21,22,23);1H. The van der Waals surface area contributed by atoms with E-state index in [2.05, 4.69) is 35.6 Å². The van der Waals surface area contributed by atoms with Gasteiger partial charge in [0.05, 0.1) is 11.7 Å². The molecule has 1 aromatic heterocycles. The molecule has 166 valence electrons. The van der Waals surface area contributed by atoms with Crippen LogP contribution in [0.25, 0.3) is 0 Å². The minimum Gasteiger partial charge on any atom is -0.444 e. The maximum atomic E-state index is 12.0. The number of hydrogen-bond acceptors (Lipinski definition) is 4. The third-order valence-corrected chi connectivity index (χ3v) is 4.37. The minimum atomic E-state index is -0.465. The summed E-state index contributed by atoms with van der Waals surface area (Å²) < 4.78 is 7.44. The monoisotopic (exact) mass is 520 g/mol. The summed E-state index contributed by atoms with van der Waals surface area (Å²) in [7, 11) is 0. The third kappa shape index (κ3) is 8.39. The third-order valence-electron chi connectivity index (χ3n) is 4.37. The first-order valence-corrected chi connectivity index (χ1v) is 10.1. The van der Waals surface area contributed by atoms with Crippen molar-refractivity contribution < 1.29 is 9.53 Å². The zero-order valence-electron chi connectivity index (χ0n) is 18.8. The van der Waals surface area contributed by atoms with E-state index in [1.54, 1.807) is 4.90 Å². The van der Waals surface area contributed by atoms with Crippen LogP contribution in [-0.2, 0) is 11.3 Å². The fourth-order valence-electron chi connectivity index (χ4n) is 3.02. The first kappa shape index (κ1) is 25.5. The second kappa shape index (κ2) is 11.0. The molecule has 1 unspecified atom stereocenters. The Kier molecular flexibility index (Phi) is 9.70. The molecule has 0 bridgehead atoms. The highest BCUT2D eigenvalue weighted by Gasteiger charge is 2.34. The summed E-state index contributed by atoms with van der Waals surface area (Å²) in [4.78, 5) is 18.5. The summed E-state index contributed by atoms with van der Waals surface area (Å²) in [5.41, 5.74) is 1.76. The number of rotatable bonds is 6. The Morgan fingerprint density at radius 3 is 2.55 bits per heavy atom. The summed E-state index contributed by atoms with van der Waals surface area (Å²) in [5.74, 6) is 1.16. The van der Waals surface area contributed by atoms with Crippen LogP contribution < -0.4 is 10.6 Å². The topological polar surface area (TPSA) is 83.8 Å². The van der Waals surface area contributed by atoms with E-state index in [1.165, 1.54) is 5.69 Å². The molecule has 2 rings (SSSR count). The Labute approximate surface area is 191 Å². The van der Waals surface area contributed by atoms with Crippen molar-refractivity contribution in [3.05, 3.63) is 17.5 Å². The molecule has 0 aliphatic carbocycles. The van der Waals surface area contributed by atoms with Crippen LogP contribution in [0.2, 0.25) is 0 Å². The summed E-state index contributed by atoms with van der Waals surface area (Å²) in [6.07, 6.45) is -0.258. The second-order valence-electron chi connectivity index (χ2n) is 8.66. The van der Waals surface area contributed by atoms with Crippen LogP contribution in [0.3, 0.4) is 0 Å². The first-order chi connectivity index (χ1) is 13.1. The molecule has 9 heteroatoms. The van der Waals surface area contributed by atoms with Crippen LogP contribution in [0.4, 0.5) is 4.79 Å². The van der Waals surface area contributed by atoms with Crippen molar-refractivity contribution in [2.75, 3.05) is 26.2 Å². The zero-order chi connectivity index (χ0) is 20.9. The van der Waals surface area contributed by atoms with Crippen molar-refractivity contribution in [1.82, 2.24) is 25.3 Å². The highest BCUT2D eigenvalue weighted by molar-refractivity contribution is 14.0. The quantitative estimate of drug-likeness (QED) is 0.343. The molecule has 1 amide bonds. The van der Waals surface area contributed by atoms with E-state index < -0.39 is 5.60 Å². The number of aryl methyl sites for hydroxylation is 2. The molecule has 2 N–H and O–H groups in total. The summed E-state index contributed by atoms with van der Waals surface area (Å²) in [5, 5.41) is 11.2. The number of carbonyl (C=O) groups is 1. The van der Waals surface area contributed by atoms with E-state index in [1.807, 2.05) is 39.3 Å². The van der Waals surface area contributed by atoms with Crippen molar-refractivity contribution in [2.24, 2.45) is 10.9 Å². The van der Waals surface area contributed by atoms with E-state index in [0.717, 1.165) is 24.7 Å². The lowest BCUT2D eigenvalue weighted by atomic mass is 10.1. The van der Waals surface area contributed by atoms with Crippen LogP contribution in [0, 0.1) is 19.8 Å². The maximum Gasteiger partial charge on any atom is 0.410 e. The number of likely N-dealkylation sites (tertiary alicyclic amines) is 1. The van der Waals surface area contributed by atoms with Crippen LogP contribution in [-0.4, -0.2) is 64.6 Å². The molecular formula is C20H37IN6O2. The molecule has 29 heavy (non-hydrogen) atoms. The van der Waals surface area contributed by atoms with Gasteiger partial charge in [-0.15, -0.1) is 24.0 Å². The van der Waals surface area contributed by atoms with Gasteiger partial charge in [-0.3, -0.25) is 9.67 Å². The highest BCUT2D eigenvalue weighted by Crippen LogP contribution is 2.15. The van der Waals surface area contributed by atoms with Gasteiger partial charge in [0, 0.05) is 38.4 Å². The van der Waals surface area contributed by atoms with Crippen LogP contribution in [0.15, 0.2) is 11.1 Å². The molecule has 1 saturated heterocycles. The molecule has 2 heterocycles. The molecule has 1 aliphatic rings. The number of halogens is 1. The van der Waals surface area contributed by atoms with Crippen LogP contribution in [0.5, 0.6) is 0 Å². The number of guanidine groups is 1. The number of aromatic nitrogens is 2. The van der Waals surface area contributed by atoms with E-state index >= 15 is 0 Å². The summed E-state index contributed by atoms with van der Waals surface area (Å²) in [6.45, 7) is 17.5. The van der Waals surface area contributed by atoms with Crippen LogP contribution >= 0.6 is 24.0 Å². The lowest BCUT2D eigenvalue weighted by Crippen LogP contribution is -2.63. The Hall–Kier alpha value is -1.52. The number of nitrogens with one attached hydrogen (secondary N) is 2. The Balaban J connectivity index is 0.00000420. The lowest BCUT2D eigenvalue weighted by Gasteiger charge is -2.40. The Bertz CT molecular complexity index is 692. The number of nitrogens with zero attached hydrogens (tertiary/aromatic N) is 4. The second-order valence-corrected chi connectivity index (χ2v) is 8.66. The first-order valence-electron chi connectivity index (χ1n) is 10.1. The molecule has 1 aliphatic heterocycles. The van der Waals surface area contributed by atoms with Crippen molar-refractivity contribution in [1.29, 1.82) is 0 Å².